The van der Waals surface area contributed by atoms with Gasteiger partial charge < -0.3 is 10.2 Å². The highest BCUT2D eigenvalue weighted by atomic mass is 32.1. The first-order valence-corrected chi connectivity index (χ1v) is 8.81. The predicted octanol–water partition coefficient (Wildman–Crippen LogP) is 1.33. The van der Waals surface area contributed by atoms with Crippen LogP contribution in [0.15, 0.2) is 34.4 Å². The van der Waals surface area contributed by atoms with E-state index in [-0.39, 0.29) is 11.8 Å². The highest BCUT2D eigenvalue weighted by molar-refractivity contribution is 7.16. The molecule has 0 aliphatic carbocycles. The van der Waals surface area contributed by atoms with E-state index in [1.165, 1.54) is 0 Å². The molecular formula is C17H17N5O2S. The lowest BCUT2D eigenvalue weighted by Crippen LogP contribution is -2.38. The Balaban J connectivity index is 1.59. The summed E-state index contributed by atoms with van der Waals surface area (Å²) in [6, 6.07) is 5.82. The molecule has 0 bridgehead atoms. The Kier molecular flexibility index (Phi) is 3.57. The number of nitrogens with one attached hydrogen (secondary N) is 2. The number of guanidine groups is 1. The number of likely N-dealkylation sites (N-methyl/N-ethyl adjacent to an activating group) is 1. The maximum atomic E-state index is 12.2. The van der Waals surface area contributed by atoms with E-state index in [0.717, 1.165) is 15.8 Å². The Hall–Kier alpha value is -2.74. The number of carbonyl (C=O) groups is 2. The third-order valence-corrected chi connectivity index (χ3v) is 5.29. The van der Waals surface area contributed by atoms with Crippen molar-refractivity contribution in [2.75, 3.05) is 13.6 Å². The average Bonchev–Trinajstić information content (AvgIpc) is 3.24. The normalized spacial score (nSPS) is 26.7. The summed E-state index contributed by atoms with van der Waals surface area (Å²) in [5.74, 6) is 0.0240. The minimum absolute atomic E-state index is 0.0378. The van der Waals surface area contributed by atoms with Gasteiger partial charge in [0.15, 0.2) is 0 Å². The fourth-order valence-electron chi connectivity index (χ4n) is 3.03. The Morgan fingerprint density at radius 1 is 1.36 bits per heavy atom. The van der Waals surface area contributed by atoms with Gasteiger partial charge in [0.1, 0.15) is 11.2 Å². The van der Waals surface area contributed by atoms with Gasteiger partial charge in [-0.25, -0.2) is 9.98 Å². The van der Waals surface area contributed by atoms with Gasteiger partial charge in [-0.3, -0.25) is 14.9 Å². The van der Waals surface area contributed by atoms with E-state index in [2.05, 4.69) is 20.6 Å². The highest BCUT2D eigenvalue weighted by Crippen LogP contribution is 2.26. The van der Waals surface area contributed by atoms with Crippen molar-refractivity contribution in [2.24, 2.45) is 4.99 Å². The molecule has 0 unspecified atom stereocenters. The lowest BCUT2D eigenvalue weighted by molar-refractivity contribution is -0.130. The molecule has 4 rings (SSSR count). The van der Waals surface area contributed by atoms with Crippen LogP contribution in [-0.2, 0) is 9.59 Å². The van der Waals surface area contributed by atoms with Gasteiger partial charge in [-0.1, -0.05) is 6.07 Å². The maximum Gasteiger partial charge on any atom is 0.274 e. The number of aliphatic imine (C=N–C) groups is 1. The van der Waals surface area contributed by atoms with Gasteiger partial charge >= 0.3 is 0 Å². The van der Waals surface area contributed by atoms with Gasteiger partial charge in [-0.05, 0) is 37.1 Å². The van der Waals surface area contributed by atoms with Gasteiger partial charge in [0.2, 0.25) is 11.9 Å². The molecule has 2 aliphatic rings. The van der Waals surface area contributed by atoms with Crippen LogP contribution >= 0.6 is 11.3 Å². The molecule has 0 spiro atoms. The fraction of sp³-hybridized carbons (Fsp3) is 0.294. The van der Waals surface area contributed by atoms with Crippen LogP contribution in [0.1, 0.15) is 18.9 Å². The monoisotopic (exact) mass is 355 g/mol. The van der Waals surface area contributed by atoms with Crippen LogP contribution < -0.4 is 10.6 Å². The molecule has 0 radical (unpaired) electrons. The van der Waals surface area contributed by atoms with Gasteiger partial charge in [0.05, 0.1) is 15.7 Å². The number of nitrogens with zero attached hydrogens (tertiary/aromatic N) is 3. The molecule has 2 amide bonds. The SMILES string of the molecule is CN1CC[C@@](C)(N=C2NC(=O)/C(=C/c3ccc4ncsc4c3)N2)C1=O. The summed E-state index contributed by atoms with van der Waals surface area (Å²) in [6.07, 6.45) is 2.40. The molecule has 1 aromatic heterocycles. The zero-order chi connectivity index (χ0) is 17.6. The van der Waals surface area contributed by atoms with Crippen molar-refractivity contribution in [3.8, 4) is 0 Å². The maximum absolute atomic E-state index is 12.2. The lowest BCUT2D eigenvalue weighted by atomic mass is 10.0. The van der Waals surface area contributed by atoms with E-state index < -0.39 is 5.54 Å². The minimum atomic E-state index is -0.832. The Bertz CT molecular complexity index is 947. The number of rotatable bonds is 2. The number of benzene rings is 1. The van der Waals surface area contributed by atoms with Crippen LogP contribution in [0, 0.1) is 0 Å². The zero-order valence-electron chi connectivity index (χ0n) is 13.9. The van der Waals surface area contributed by atoms with Gasteiger partial charge in [0, 0.05) is 13.6 Å². The fourth-order valence-corrected chi connectivity index (χ4v) is 3.76. The molecule has 128 valence electrons. The van der Waals surface area contributed by atoms with Crippen LogP contribution in [0.4, 0.5) is 0 Å². The second-order valence-electron chi connectivity index (χ2n) is 6.43. The number of carbonyl (C=O) groups excluding carboxylic acids is 2. The van der Waals surface area contributed by atoms with Gasteiger partial charge in [-0.2, -0.15) is 0 Å². The van der Waals surface area contributed by atoms with Gasteiger partial charge in [-0.15, -0.1) is 11.3 Å². The number of hydrogen-bond acceptors (Lipinski definition) is 5. The Labute approximate surface area is 148 Å². The predicted molar refractivity (Wildman–Crippen MR) is 97.0 cm³/mol. The summed E-state index contributed by atoms with van der Waals surface area (Å²) < 4.78 is 1.06. The molecule has 2 aromatic rings. The summed E-state index contributed by atoms with van der Waals surface area (Å²) in [7, 11) is 1.76. The molecule has 2 fully saturated rings. The number of thiazole rings is 1. The quantitative estimate of drug-likeness (QED) is 0.796. The summed E-state index contributed by atoms with van der Waals surface area (Å²) in [4.78, 5) is 34.8. The largest absolute Gasteiger partial charge is 0.344 e. The smallest absolute Gasteiger partial charge is 0.274 e. The second kappa shape index (κ2) is 5.66. The minimum Gasteiger partial charge on any atom is -0.344 e. The molecule has 1 atom stereocenters. The highest BCUT2D eigenvalue weighted by Gasteiger charge is 2.42. The van der Waals surface area contributed by atoms with Crippen molar-refractivity contribution < 1.29 is 9.59 Å². The summed E-state index contributed by atoms with van der Waals surface area (Å²) in [5, 5.41) is 5.68. The molecular weight excluding hydrogens is 338 g/mol. The van der Waals surface area contributed by atoms with Crippen LogP contribution in [-0.4, -0.2) is 46.8 Å². The summed E-state index contributed by atoms with van der Waals surface area (Å²) >= 11 is 1.55. The number of likely N-dealkylation sites (tertiary alicyclic amines) is 1. The molecule has 0 saturated carbocycles. The van der Waals surface area contributed by atoms with Crippen molar-refractivity contribution in [3.63, 3.8) is 0 Å². The first-order valence-electron chi connectivity index (χ1n) is 7.93. The number of aromatic nitrogens is 1. The van der Waals surface area contributed by atoms with Crippen LogP contribution in [0.2, 0.25) is 0 Å². The molecule has 2 aliphatic heterocycles. The van der Waals surface area contributed by atoms with Crippen LogP contribution in [0.3, 0.4) is 0 Å². The molecule has 2 saturated heterocycles. The zero-order valence-corrected chi connectivity index (χ0v) is 14.7. The second-order valence-corrected chi connectivity index (χ2v) is 7.31. The van der Waals surface area contributed by atoms with Crippen molar-refractivity contribution in [3.05, 3.63) is 35.0 Å². The Morgan fingerprint density at radius 3 is 2.96 bits per heavy atom. The summed E-state index contributed by atoms with van der Waals surface area (Å²) in [6.45, 7) is 2.46. The topological polar surface area (TPSA) is 86.7 Å². The van der Waals surface area contributed by atoms with Crippen molar-refractivity contribution in [1.82, 2.24) is 20.5 Å². The molecule has 7 nitrogen and oxygen atoms in total. The molecule has 25 heavy (non-hydrogen) atoms. The number of fused-ring (bicyclic) bond motifs is 1. The van der Waals surface area contributed by atoms with E-state index in [1.807, 2.05) is 18.2 Å². The lowest BCUT2D eigenvalue weighted by Gasteiger charge is -2.17. The first kappa shape index (κ1) is 15.8. The van der Waals surface area contributed by atoms with E-state index in [0.29, 0.717) is 24.6 Å². The molecule has 8 heteroatoms. The van der Waals surface area contributed by atoms with Crippen molar-refractivity contribution in [1.29, 1.82) is 0 Å². The number of hydrogen-bond donors (Lipinski definition) is 2. The third kappa shape index (κ3) is 2.78. The van der Waals surface area contributed by atoms with Crippen molar-refractivity contribution >= 4 is 45.4 Å². The van der Waals surface area contributed by atoms with E-state index in [4.69, 9.17) is 0 Å². The van der Waals surface area contributed by atoms with Crippen LogP contribution in [0.25, 0.3) is 16.3 Å². The number of amides is 2. The third-order valence-electron chi connectivity index (χ3n) is 4.50. The van der Waals surface area contributed by atoms with Crippen LogP contribution in [0.5, 0.6) is 0 Å². The Morgan fingerprint density at radius 2 is 2.20 bits per heavy atom. The molecule has 2 N–H and O–H groups in total. The van der Waals surface area contributed by atoms with E-state index >= 15 is 0 Å². The van der Waals surface area contributed by atoms with Gasteiger partial charge in [0.25, 0.3) is 5.91 Å². The summed E-state index contributed by atoms with van der Waals surface area (Å²) in [5.41, 5.74) is 3.21. The standard InChI is InChI=1S/C17H17N5O2S/c1-17(5-6-22(2)15(17)24)21-16-19-12(14(23)20-16)7-10-3-4-11-13(8-10)25-9-18-11/h3-4,7-9H,5-6H2,1-2H3,(H2,19,20,21,23)/b12-7-/t17-/m1/s1. The van der Waals surface area contributed by atoms with E-state index in [1.54, 1.807) is 41.8 Å². The molecule has 1 aromatic carbocycles. The van der Waals surface area contributed by atoms with Crippen molar-refractivity contribution in [2.45, 2.75) is 18.9 Å². The molecule has 3 heterocycles. The van der Waals surface area contributed by atoms with E-state index in [9.17, 15) is 9.59 Å². The average molecular weight is 355 g/mol. The first-order chi connectivity index (χ1) is 11.9.